The maximum absolute atomic E-state index is 5.60. The normalized spacial score (nSPS) is 12.2. The smallest absolute Gasteiger partial charge is 0.0705 e. The predicted molar refractivity (Wildman–Crippen MR) is 69.9 cm³/mol. The van der Waals surface area contributed by atoms with Crippen LogP contribution in [-0.4, -0.2) is 4.98 Å². The zero-order valence-electron chi connectivity index (χ0n) is 9.56. The summed E-state index contributed by atoms with van der Waals surface area (Å²) in [7, 11) is 0. The number of pyridine rings is 1. The molecule has 0 saturated heterocycles. The number of benzene rings is 1. The van der Waals surface area contributed by atoms with Crippen molar-refractivity contribution in [1.29, 1.82) is 0 Å². The van der Waals surface area contributed by atoms with E-state index in [2.05, 4.69) is 28.5 Å². The summed E-state index contributed by atoms with van der Waals surface area (Å²) >= 11 is 0. The molecule has 1 aromatic carbocycles. The fourth-order valence-electron chi connectivity index (χ4n) is 1.99. The first-order chi connectivity index (χ1) is 8.36. The Morgan fingerprint density at radius 2 is 2.24 bits per heavy atom. The molecule has 0 fully saturated rings. The van der Waals surface area contributed by atoms with Crippen molar-refractivity contribution in [1.82, 2.24) is 10.4 Å². The molecule has 0 aliphatic rings. The number of terminal acetylenes is 1. The van der Waals surface area contributed by atoms with E-state index in [0.717, 1.165) is 22.9 Å². The van der Waals surface area contributed by atoms with Gasteiger partial charge in [-0.15, -0.1) is 12.3 Å². The number of aromatic nitrogens is 1. The van der Waals surface area contributed by atoms with Gasteiger partial charge in [-0.3, -0.25) is 16.3 Å². The van der Waals surface area contributed by atoms with Crippen LogP contribution in [0.25, 0.3) is 10.9 Å². The van der Waals surface area contributed by atoms with Gasteiger partial charge in [0.1, 0.15) is 0 Å². The van der Waals surface area contributed by atoms with Crippen molar-refractivity contribution in [2.24, 2.45) is 5.84 Å². The van der Waals surface area contributed by atoms with Crippen LogP contribution in [-0.2, 0) is 0 Å². The van der Waals surface area contributed by atoms with Crippen LogP contribution in [0.3, 0.4) is 0 Å². The lowest BCUT2D eigenvalue weighted by molar-refractivity contribution is 0.527. The maximum Gasteiger partial charge on any atom is 0.0705 e. The highest BCUT2D eigenvalue weighted by molar-refractivity contribution is 5.82. The minimum atomic E-state index is 0.0685. The summed E-state index contributed by atoms with van der Waals surface area (Å²) < 4.78 is 0. The third kappa shape index (κ3) is 2.44. The lowest BCUT2D eigenvalue weighted by Crippen LogP contribution is -2.28. The summed E-state index contributed by atoms with van der Waals surface area (Å²) in [6, 6.07) is 10.1. The van der Waals surface area contributed by atoms with Crippen molar-refractivity contribution in [3.05, 3.63) is 42.1 Å². The zero-order chi connectivity index (χ0) is 12.1. The van der Waals surface area contributed by atoms with Gasteiger partial charge in [-0.25, -0.2) is 0 Å². The maximum atomic E-state index is 5.60. The van der Waals surface area contributed by atoms with E-state index >= 15 is 0 Å². The molecule has 3 N–H and O–H groups in total. The number of nitrogens with two attached hydrogens (primary N) is 1. The Morgan fingerprint density at radius 1 is 1.35 bits per heavy atom. The number of rotatable bonds is 4. The largest absolute Gasteiger partial charge is 0.271 e. The van der Waals surface area contributed by atoms with Gasteiger partial charge >= 0.3 is 0 Å². The van der Waals surface area contributed by atoms with Crippen LogP contribution in [0.5, 0.6) is 0 Å². The molecule has 0 saturated carbocycles. The third-order valence-electron chi connectivity index (χ3n) is 2.83. The van der Waals surface area contributed by atoms with Gasteiger partial charge in [0.05, 0.1) is 5.52 Å². The van der Waals surface area contributed by atoms with Crippen molar-refractivity contribution in [3.63, 3.8) is 0 Å². The van der Waals surface area contributed by atoms with Gasteiger partial charge in [0.2, 0.25) is 0 Å². The molecule has 1 aromatic heterocycles. The Bertz CT molecular complexity index is 537. The average molecular weight is 225 g/mol. The molecule has 0 aliphatic heterocycles. The topological polar surface area (TPSA) is 50.9 Å². The molecule has 0 aliphatic carbocycles. The van der Waals surface area contributed by atoms with E-state index in [1.807, 2.05) is 18.2 Å². The molecular weight excluding hydrogens is 210 g/mol. The number of nitrogens with zero attached hydrogens (tertiary/aromatic N) is 1. The summed E-state index contributed by atoms with van der Waals surface area (Å²) in [6.45, 7) is 0. The molecule has 2 aromatic rings. The molecular formula is C14H15N3. The van der Waals surface area contributed by atoms with E-state index in [-0.39, 0.29) is 6.04 Å². The van der Waals surface area contributed by atoms with Gasteiger partial charge in [-0.05, 0) is 24.1 Å². The Labute approximate surface area is 101 Å². The Kier molecular flexibility index (Phi) is 3.71. The van der Waals surface area contributed by atoms with Gasteiger partial charge in [-0.1, -0.05) is 18.2 Å². The third-order valence-corrected chi connectivity index (χ3v) is 2.83. The van der Waals surface area contributed by atoms with E-state index in [1.165, 1.54) is 0 Å². The molecule has 0 radical (unpaired) electrons. The van der Waals surface area contributed by atoms with E-state index in [0.29, 0.717) is 6.42 Å². The molecule has 1 heterocycles. The second-order valence-electron chi connectivity index (χ2n) is 3.88. The van der Waals surface area contributed by atoms with E-state index in [1.54, 1.807) is 6.20 Å². The zero-order valence-corrected chi connectivity index (χ0v) is 9.56. The predicted octanol–water partition coefficient (Wildman–Crippen LogP) is 2.15. The first-order valence-corrected chi connectivity index (χ1v) is 5.60. The van der Waals surface area contributed by atoms with Crippen LogP contribution in [0, 0.1) is 12.3 Å². The second kappa shape index (κ2) is 5.44. The highest BCUT2D eigenvalue weighted by atomic mass is 15.2. The molecule has 0 amide bonds. The van der Waals surface area contributed by atoms with Crippen molar-refractivity contribution in [3.8, 4) is 12.3 Å². The van der Waals surface area contributed by atoms with Crippen LogP contribution >= 0.6 is 0 Å². The van der Waals surface area contributed by atoms with Crippen molar-refractivity contribution in [2.75, 3.05) is 0 Å². The second-order valence-corrected chi connectivity index (χ2v) is 3.88. The Morgan fingerprint density at radius 3 is 3.00 bits per heavy atom. The Hall–Kier alpha value is -1.89. The molecule has 1 atom stereocenters. The number of fused-ring (bicyclic) bond motifs is 1. The Balaban J connectivity index is 2.43. The van der Waals surface area contributed by atoms with Crippen LogP contribution in [0.2, 0.25) is 0 Å². The highest BCUT2D eigenvalue weighted by Crippen LogP contribution is 2.25. The molecule has 17 heavy (non-hydrogen) atoms. The highest BCUT2D eigenvalue weighted by Gasteiger charge is 2.11. The SMILES string of the molecule is C#CCCC(NN)c1cccc2ncccc12. The first-order valence-electron chi connectivity index (χ1n) is 5.60. The summed E-state index contributed by atoms with van der Waals surface area (Å²) in [5.41, 5.74) is 4.95. The molecule has 86 valence electrons. The van der Waals surface area contributed by atoms with Crippen molar-refractivity contribution >= 4 is 10.9 Å². The minimum absolute atomic E-state index is 0.0685. The van der Waals surface area contributed by atoms with Gasteiger partial charge in [0.15, 0.2) is 0 Å². The van der Waals surface area contributed by atoms with Gasteiger partial charge in [-0.2, -0.15) is 0 Å². The van der Waals surface area contributed by atoms with Crippen LogP contribution in [0.15, 0.2) is 36.5 Å². The van der Waals surface area contributed by atoms with E-state index < -0.39 is 0 Å². The fourth-order valence-corrected chi connectivity index (χ4v) is 1.99. The number of hydrogen-bond donors (Lipinski definition) is 2. The summed E-state index contributed by atoms with van der Waals surface area (Å²) in [5, 5.41) is 1.12. The van der Waals surface area contributed by atoms with Crippen LogP contribution in [0.1, 0.15) is 24.4 Å². The number of hydrogen-bond acceptors (Lipinski definition) is 3. The lowest BCUT2D eigenvalue weighted by atomic mass is 9.98. The van der Waals surface area contributed by atoms with E-state index in [4.69, 9.17) is 12.3 Å². The molecule has 0 spiro atoms. The lowest BCUT2D eigenvalue weighted by Gasteiger charge is -2.17. The van der Waals surface area contributed by atoms with Crippen molar-refractivity contribution in [2.45, 2.75) is 18.9 Å². The summed E-state index contributed by atoms with van der Waals surface area (Å²) in [6.07, 6.45) is 8.60. The molecule has 3 nitrogen and oxygen atoms in total. The number of nitrogens with one attached hydrogen (secondary N) is 1. The van der Waals surface area contributed by atoms with Gasteiger partial charge in [0, 0.05) is 24.0 Å². The van der Waals surface area contributed by atoms with Gasteiger partial charge in [0.25, 0.3) is 0 Å². The van der Waals surface area contributed by atoms with Crippen molar-refractivity contribution < 1.29 is 0 Å². The standard InChI is InChI=1S/C14H15N3/c1-2-3-8-14(17-15)12-6-4-9-13-11(12)7-5-10-16-13/h1,4-7,9-10,14,17H,3,8,15H2. The molecule has 1 unspecified atom stereocenters. The molecule has 0 bridgehead atoms. The fraction of sp³-hybridized carbons (Fsp3) is 0.214. The molecule has 2 rings (SSSR count). The van der Waals surface area contributed by atoms with Gasteiger partial charge < -0.3 is 0 Å². The summed E-state index contributed by atoms with van der Waals surface area (Å²) in [5.74, 6) is 8.24. The quantitative estimate of drug-likeness (QED) is 0.476. The summed E-state index contributed by atoms with van der Waals surface area (Å²) in [4.78, 5) is 4.33. The number of hydrazine groups is 1. The minimum Gasteiger partial charge on any atom is -0.271 e. The molecule has 3 heteroatoms. The average Bonchev–Trinajstić information content (AvgIpc) is 2.40. The first kappa shape index (κ1) is 11.6. The van der Waals surface area contributed by atoms with Crippen LogP contribution < -0.4 is 11.3 Å². The van der Waals surface area contributed by atoms with E-state index in [9.17, 15) is 0 Å². The monoisotopic (exact) mass is 225 g/mol. The van der Waals surface area contributed by atoms with Crippen LogP contribution in [0.4, 0.5) is 0 Å².